The van der Waals surface area contributed by atoms with Crippen LogP contribution in [0.2, 0.25) is 10.0 Å². The molecule has 0 saturated carbocycles. The van der Waals surface area contributed by atoms with Crippen molar-refractivity contribution in [1.82, 2.24) is 0 Å². The highest BCUT2D eigenvalue weighted by Gasteiger charge is 2.09. The van der Waals surface area contributed by atoms with Crippen LogP contribution in [0.15, 0.2) is 42.5 Å². The van der Waals surface area contributed by atoms with E-state index in [2.05, 4.69) is 22.6 Å². The van der Waals surface area contributed by atoms with Crippen molar-refractivity contribution in [3.8, 4) is 0 Å². The summed E-state index contributed by atoms with van der Waals surface area (Å²) in [5.41, 5.74) is 1.87. The fourth-order valence-corrected chi connectivity index (χ4v) is 2.37. The molecule has 0 saturated heterocycles. The van der Waals surface area contributed by atoms with E-state index < -0.39 is 6.10 Å². The molecule has 1 atom stereocenters. The van der Waals surface area contributed by atoms with Crippen LogP contribution in [0.4, 0.5) is 0 Å². The van der Waals surface area contributed by atoms with Gasteiger partial charge in [0.15, 0.2) is 0 Å². The number of aliphatic hydroxyl groups is 1. The first-order valence-corrected chi connectivity index (χ1v) is 7.27. The van der Waals surface area contributed by atoms with Crippen molar-refractivity contribution in [3.05, 3.63) is 67.2 Å². The van der Waals surface area contributed by atoms with Gasteiger partial charge >= 0.3 is 0 Å². The lowest BCUT2D eigenvalue weighted by Gasteiger charge is -2.11. The van der Waals surface area contributed by atoms with Crippen molar-refractivity contribution in [1.29, 1.82) is 0 Å². The fraction of sp³-hybridized carbons (Fsp3) is 0.143. The van der Waals surface area contributed by atoms with Gasteiger partial charge in [-0.3, -0.25) is 0 Å². The molecule has 0 radical (unpaired) electrons. The number of halogens is 3. The van der Waals surface area contributed by atoms with Gasteiger partial charge in [0.1, 0.15) is 0 Å². The number of hydrogen-bond donors (Lipinski definition) is 1. The number of hydrogen-bond acceptors (Lipinski definition) is 1. The third-order valence-electron chi connectivity index (χ3n) is 2.67. The zero-order valence-corrected chi connectivity index (χ0v) is 13.1. The van der Waals surface area contributed by atoms with Gasteiger partial charge in [-0.25, -0.2) is 0 Å². The Bertz CT molecular complexity index is 540. The van der Waals surface area contributed by atoms with Gasteiger partial charge < -0.3 is 5.11 Å². The molecule has 0 aliphatic carbocycles. The molecule has 0 aromatic heterocycles. The molecule has 0 amide bonds. The summed E-state index contributed by atoms with van der Waals surface area (Å²) >= 11 is 14.0. The Morgan fingerprint density at radius 1 is 1.00 bits per heavy atom. The van der Waals surface area contributed by atoms with Crippen LogP contribution in [0.3, 0.4) is 0 Å². The predicted octanol–water partition coefficient (Wildman–Crippen LogP) is 4.87. The third kappa shape index (κ3) is 3.60. The molecule has 2 aromatic carbocycles. The second kappa shape index (κ2) is 6.24. The van der Waals surface area contributed by atoms with Gasteiger partial charge in [0, 0.05) is 9.99 Å². The van der Waals surface area contributed by atoms with Crippen molar-refractivity contribution in [2.75, 3.05) is 0 Å². The zero-order chi connectivity index (χ0) is 13.1. The SMILES string of the molecule is OC(Cc1ccc(Cl)c(Cl)c1)c1ccc(I)cc1. The average Bonchev–Trinajstić information content (AvgIpc) is 2.34. The maximum absolute atomic E-state index is 10.1. The molecule has 18 heavy (non-hydrogen) atoms. The van der Waals surface area contributed by atoms with Crippen molar-refractivity contribution in [2.24, 2.45) is 0 Å². The molecule has 1 nitrogen and oxygen atoms in total. The summed E-state index contributed by atoms with van der Waals surface area (Å²) in [6.07, 6.45) is -0.00320. The lowest BCUT2D eigenvalue weighted by Crippen LogP contribution is -2.01. The first-order valence-electron chi connectivity index (χ1n) is 5.44. The van der Waals surface area contributed by atoms with E-state index in [1.54, 1.807) is 12.1 Å². The minimum absolute atomic E-state index is 0.518. The Labute approximate surface area is 130 Å². The van der Waals surface area contributed by atoms with Crippen LogP contribution < -0.4 is 0 Å². The van der Waals surface area contributed by atoms with Crippen LogP contribution in [0.1, 0.15) is 17.2 Å². The molecule has 0 aliphatic rings. The monoisotopic (exact) mass is 392 g/mol. The summed E-state index contributed by atoms with van der Waals surface area (Å²) < 4.78 is 1.15. The quantitative estimate of drug-likeness (QED) is 0.738. The molecule has 94 valence electrons. The zero-order valence-electron chi connectivity index (χ0n) is 9.41. The molecule has 0 spiro atoms. The average molecular weight is 393 g/mol. The number of benzene rings is 2. The van der Waals surface area contributed by atoms with Crippen molar-refractivity contribution < 1.29 is 5.11 Å². The van der Waals surface area contributed by atoms with Crippen LogP contribution >= 0.6 is 45.8 Å². The largest absolute Gasteiger partial charge is 0.388 e. The van der Waals surface area contributed by atoms with Crippen LogP contribution in [-0.2, 0) is 6.42 Å². The Morgan fingerprint density at radius 2 is 1.67 bits per heavy atom. The normalized spacial score (nSPS) is 12.4. The van der Waals surface area contributed by atoms with Gasteiger partial charge in [0.2, 0.25) is 0 Å². The minimum atomic E-state index is -0.528. The molecular weight excluding hydrogens is 382 g/mol. The summed E-state index contributed by atoms with van der Waals surface area (Å²) in [6.45, 7) is 0. The standard InChI is InChI=1S/C14H11Cl2IO/c15-12-6-1-9(7-13(12)16)8-14(18)10-2-4-11(17)5-3-10/h1-7,14,18H,8H2. The van der Waals surface area contributed by atoms with Crippen LogP contribution in [0.25, 0.3) is 0 Å². The molecule has 1 N–H and O–H groups in total. The smallest absolute Gasteiger partial charge is 0.0830 e. The highest BCUT2D eigenvalue weighted by atomic mass is 127. The Balaban J connectivity index is 2.13. The van der Waals surface area contributed by atoms with Gasteiger partial charge in [0.25, 0.3) is 0 Å². The first kappa shape index (κ1) is 14.1. The molecule has 2 aromatic rings. The summed E-state index contributed by atoms with van der Waals surface area (Å²) in [7, 11) is 0. The van der Waals surface area contributed by atoms with E-state index in [9.17, 15) is 5.11 Å². The van der Waals surface area contributed by atoms with Crippen molar-refractivity contribution >= 4 is 45.8 Å². The lowest BCUT2D eigenvalue weighted by atomic mass is 10.0. The van der Waals surface area contributed by atoms with E-state index in [4.69, 9.17) is 23.2 Å². The maximum atomic E-state index is 10.1. The van der Waals surface area contributed by atoms with E-state index in [0.717, 1.165) is 14.7 Å². The highest BCUT2D eigenvalue weighted by Crippen LogP contribution is 2.25. The minimum Gasteiger partial charge on any atom is -0.388 e. The Hall–Kier alpha value is -0.290. The second-order valence-electron chi connectivity index (χ2n) is 4.02. The molecule has 0 fully saturated rings. The lowest BCUT2D eigenvalue weighted by molar-refractivity contribution is 0.178. The Morgan fingerprint density at radius 3 is 2.28 bits per heavy atom. The van der Waals surface area contributed by atoms with Crippen LogP contribution in [0.5, 0.6) is 0 Å². The van der Waals surface area contributed by atoms with Gasteiger partial charge in [-0.1, -0.05) is 41.4 Å². The second-order valence-corrected chi connectivity index (χ2v) is 6.08. The van der Waals surface area contributed by atoms with E-state index in [1.165, 1.54) is 0 Å². The highest BCUT2D eigenvalue weighted by molar-refractivity contribution is 14.1. The molecule has 2 rings (SSSR count). The van der Waals surface area contributed by atoms with Gasteiger partial charge in [-0.15, -0.1) is 0 Å². The molecule has 0 heterocycles. The molecule has 1 unspecified atom stereocenters. The Kier molecular flexibility index (Phi) is 4.90. The number of aliphatic hydroxyl groups excluding tert-OH is 1. The van der Waals surface area contributed by atoms with E-state index in [1.807, 2.05) is 30.3 Å². The van der Waals surface area contributed by atoms with E-state index in [0.29, 0.717) is 16.5 Å². The molecule has 4 heteroatoms. The third-order valence-corrected chi connectivity index (χ3v) is 4.13. The summed E-state index contributed by atoms with van der Waals surface area (Å²) in [6, 6.07) is 13.2. The van der Waals surface area contributed by atoms with Crippen molar-refractivity contribution in [3.63, 3.8) is 0 Å². The predicted molar refractivity (Wildman–Crippen MR) is 84.3 cm³/mol. The summed E-state index contributed by atoms with van der Waals surface area (Å²) in [5.74, 6) is 0. The topological polar surface area (TPSA) is 20.2 Å². The molecule has 0 aliphatic heterocycles. The molecule has 0 bridgehead atoms. The van der Waals surface area contributed by atoms with Crippen LogP contribution in [-0.4, -0.2) is 5.11 Å². The number of rotatable bonds is 3. The van der Waals surface area contributed by atoms with E-state index in [-0.39, 0.29) is 0 Å². The summed E-state index contributed by atoms with van der Waals surface area (Å²) in [5, 5.41) is 11.2. The maximum Gasteiger partial charge on any atom is 0.0830 e. The van der Waals surface area contributed by atoms with Gasteiger partial charge in [0.05, 0.1) is 16.1 Å². The van der Waals surface area contributed by atoms with Gasteiger partial charge in [-0.05, 0) is 58.0 Å². The van der Waals surface area contributed by atoms with Crippen LogP contribution in [0, 0.1) is 3.57 Å². The first-order chi connectivity index (χ1) is 8.56. The van der Waals surface area contributed by atoms with Gasteiger partial charge in [-0.2, -0.15) is 0 Å². The summed E-state index contributed by atoms with van der Waals surface area (Å²) in [4.78, 5) is 0. The van der Waals surface area contributed by atoms with Crippen molar-refractivity contribution in [2.45, 2.75) is 12.5 Å². The van der Waals surface area contributed by atoms with E-state index >= 15 is 0 Å². The molecular formula is C14H11Cl2IO. The fourth-order valence-electron chi connectivity index (χ4n) is 1.69.